The van der Waals surface area contributed by atoms with Crippen LogP contribution in [0.2, 0.25) is 0 Å². The molecule has 1 heterocycles. The first-order chi connectivity index (χ1) is 9.63. The van der Waals surface area contributed by atoms with E-state index in [1.165, 1.54) is 11.8 Å². The second-order valence-electron chi connectivity index (χ2n) is 4.01. The van der Waals surface area contributed by atoms with Crippen molar-refractivity contribution in [1.29, 1.82) is 0 Å². The number of aromatic carboxylic acids is 1. The maximum absolute atomic E-state index is 11.3. The highest BCUT2D eigenvalue weighted by atomic mass is 32.2. The van der Waals surface area contributed by atoms with Gasteiger partial charge in [-0.05, 0) is 13.0 Å². The van der Waals surface area contributed by atoms with Gasteiger partial charge in [0.05, 0.1) is 12.4 Å². The number of carbonyl (C=O) groups is 2. The Morgan fingerprint density at radius 1 is 1.35 bits per heavy atom. The lowest BCUT2D eigenvalue weighted by atomic mass is 10.1. The molecule has 0 unspecified atom stereocenters. The van der Waals surface area contributed by atoms with Crippen LogP contribution in [0.15, 0.2) is 28.7 Å². The fourth-order valence-corrected chi connectivity index (χ4v) is 2.70. The van der Waals surface area contributed by atoms with Crippen LogP contribution < -0.4 is 0 Å². The summed E-state index contributed by atoms with van der Waals surface area (Å²) in [6.45, 7) is 2.09. The minimum absolute atomic E-state index is 0.0671. The average molecular weight is 294 g/mol. The Bertz CT molecular complexity index is 632. The summed E-state index contributed by atoms with van der Waals surface area (Å²) in [4.78, 5) is 22.5. The highest BCUT2D eigenvalue weighted by Crippen LogP contribution is 2.29. The van der Waals surface area contributed by atoms with Crippen molar-refractivity contribution in [2.45, 2.75) is 12.7 Å². The van der Waals surface area contributed by atoms with Gasteiger partial charge in [0.1, 0.15) is 5.58 Å². The number of fused-ring (bicyclic) bond motifs is 1. The average Bonchev–Trinajstić information content (AvgIpc) is 2.78. The predicted molar refractivity (Wildman–Crippen MR) is 76.0 cm³/mol. The molecule has 1 aromatic heterocycles. The minimum atomic E-state index is -1.10. The molecule has 0 saturated carbocycles. The van der Waals surface area contributed by atoms with E-state index in [1.807, 2.05) is 12.1 Å². The number of hydrogen-bond donors (Lipinski definition) is 1. The van der Waals surface area contributed by atoms with Gasteiger partial charge in [0.15, 0.2) is 0 Å². The molecule has 0 atom stereocenters. The first-order valence-corrected chi connectivity index (χ1v) is 7.26. The van der Waals surface area contributed by atoms with Crippen molar-refractivity contribution in [3.8, 4) is 0 Å². The van der Waals surface area contributed by atoms with Gasteiger partial charge in [-0.2, -0.15) is 0 Å². The Morgan fingerprint density at radius 3 is 2.80 bits per heavy atom. The number of carboxylic acids is 1. The van der Waals surface area contributed by atoms with E-state index in [0.29, 0.717) is 23.5 Å². The van der Waals surface area contributed by atoms with Gasteiger partial charge in [0, 0.05) is 16.7 Å². The lowest BCUT2D eigenvalue weighted by molar-refractivity contribution is -0.139. The van der Waals surface area contributed by atoms with E-state index in [4.69, 9.17) is 14.3 Å². The zero-order chi connectivity index (χ0) is 14.5. The monoisotopic (exact) mass is 294 g/mol. The maximum atomic E-state index is 11.3. The minimum Gasteiger partial charge on any atom is -0.475 e. The zero-order valence-electron chi connectivity index (χ0n) is 10.9. The van der Waals surface area contributed by atoms with Crippen molar-refractivity contribution in [2.24, 2.45) is 0 Å². The molecule has 1 aromatic carbocycles. The van der Waals surface area contributed by atoms with Gasteiger partial charge in [-0.15, -0.1) is 11.8 Å². The molecule has 2 rings (SSSR count). The number of hydrogen-bond acceptors (Lipinski definition) is 5. The van der Waals surface area contributed by atoms with Crippen LogP contribution >= 0.6 is 11.8 Å². The molecule has 0 spiro atoms. The zero-order valence-corrected chi connectivity index (χ0v) is 11.7. The number of benzene rings is 1. The van der Waals surface area contributed by atoms with Crippen LogP contribution in [0.3, 0.4) is 0 Å². The van der Waals surface area contributed by atoms with E-state index in [1.54, 1.807) is 19.1 Å². The molecule has 0 bridgehead atoms. The molecule has 0 aliphatic heterocycles. The van der Waals surface area contributed by atoms with Crippen LogP contribution in [0, 0.1) is 0 Å². The van der Waals surface area contributed by atoms with Crippen molar-refractivity contribution in [3.63, 3.8) is 0 Å². The fraction of sp³-hybridized carbons (Fsp3) is 0.286. The Balaban J connectivity index is 2.17. The smallest absolute Gasteiger partial charge is 0.372 e. The number of ether oxygens (including phenoxy) is 1. The first-order valence-electron chi connectivity index (χ1n) is 6.10. The SMILES string of the molecule is CCOC(=O)CSCc1c(C(=O)O)oc2ccccc12. The summed E-state index contributed by atoms with van der Waals surface area (Å²) in [7, 11) is 0. The fourth-order valence-electron chi connectivity index (χ4n) is 1.85. The molecule has 20 heavy (non-hydrogen) atoms. The van der Waals surface area contributed by atoms with Gasteiger partial charge in [-0.25, -0.2) is 4.79 Å². The number of para-hydroxylation sites is 1. The number of carbonyl (C=O) groups excluding carboxylic acids is 1. The third-order valence-electron chi connectivity index (χ3n) is 2.66. The quantitative estimate of drug-likeness (QED) is 0.825. The Hall–Kier alpha value is -1.95. The van der Waals surface area contributed by atoms with E-state index >= 15 is 0 Å². The number of esters is 1. The van der Waals surface area contributed by atoms with Crippen molar-refractivity contribution in [1.82, 2.24) is 0 Å². The lowest BCUT2D eigenvalue weighted by Gasteiger charge is -2.02. The Labute approximate surface area is 119 Å². The number of thioether (sulfide) groups is 1. The van der Waals surface area contributed by atoms with Crippen molar-refractivity contribution in [2.75, 3.05) is 12.4 Å². The Morgan fingerprint density at radius 2 is 2.10 bits per heavy atom. The topological polar surface area (TPSA) is 76.7 Å². The molecular formula is C14H14O5S. The molecule has 106 valence electrons. The molecule has 2 aromatic rings. The van der Waals surface area contributed by atoms with Gasteiger partial charge in [0.2, 0.25) is 5.76 Å². The maximum Gasteiger partial charge on any atom is 0.372 e. The largest absolute Gasteiger partial charge is 0.475 e. The van der Waals surface area contributed by atoms with Crippen molar-refractivity contribution in [3.05, 3.63) is 35.6 Å². The normalized spacial score (nSPS) is 10.7. The molecule has 1 N–H and O–H groups in total. The summed E-state index contributed by atoms with van der Waals surface area (Å²) < 4.78 is 10.2. The highest BCUT2D eigenvalue weighted by Gasteiger charge is 2.19. The third-order valence-corrected chi connectivity index (χ3v) is 3.60. The summed E-state index contributed by atoms with van der Waals surface area (Å²) in [6, 6.07) is 7.14. The van der Waals surface area contributed by atoms with Gasteiger partial charge < -0.3 is 14.3 Å². The number of rotatable bonds is 6. The van der Waals surface area contributed by atoms with Crippen LogP contribution in [0.1, 0.15) is 23.0 Å². The number of furan rings is 1. The molecule has 0 saturated heterocycles. The van der Waals surface area contributed by atoms with Crippen LogP contribution in [-0.2, 0) is 15.3 Å². The Kier molecular flexibility index (Phi) is 4.68. The molecule has 0 aliphatic rings. The molecule has 0 fully saturated rings. The van der Waals surface area contributed by atoms with Crippen molar-refractivity contribution < 1.29 is 23.8 Å². The highest BCUT2D eigenvalue weighted by molar-refractivity contribution is 7.99. The van der Waals surface area contributed by atoms with E-state index in [-0.39, 0.29) is 17.5 Å². The third kappa shape index (κ3) is 3.14. The van der Waals surface area contributed by atoms with E-state index < -0.39 is 5.97 Å². The standard InChI is InChI=1S/C14H14O5S/c1-2-18-12(15)8-20-7-10-9-5-3-4-6-11(9)19-13(10)14(16)17/h3-6H,2,7-8H2,1H3,(H,16,17). The first kappa shape index (κ1) is 14.5. The second kappa shape index (κ2) is 6.47. The predicted octanol–water partition coefficient (Wildman–Crippen LogP) is 2.93. The number of carboxylic acid groups (broad SMARTS) is 1. The van der Waals surface area contributed by atoms with E-state index in [9.17, 15) is 9.59 Å². The second-order valence-corrected chi connectivity index (χ2v) is 4.99. The summed E-state index contributed by atoms with van der Waals surface area (Å²) in [6.07, 6.45) is 0. The van der Waals surface area contributed by atoms with Crippen molar-refractivity contribution >= 4 is 34.7 Å². The molecule has 6 heteroatoms. The van der Waals surface area contributed by atoms with Gasteiger partial charge >= 0.3 is 11.9 Å². The van der Waals surface area contributed by atoms with Crippen LogP contribution in [0.25, 0.3) is 11.0 Å². The summed E-state index contributed by atoms with van der Waals surface area (Å²) >= 11 is 1.31. The van der Waals surface area contributed by atoms with Gasteiger partial charge in [-0.3, -0.25) is 4.79 Å². The molecule has 0 amide bonds. The molecule has 5 nitrogen and oxygen atoms in total. The molecule has 0 radical (unpaired) electrons. The lowest BCUT2D eigenvalue weighted by Crippen LogP contribution is -2.07. The van der Waals surface area contributed by atoms with Gasteiger partial charge in [-0.1, -0.05) is 18.2 Å². The van der Waals surface area contributed by atoms with Crippen LogP contribution in [0.4, 0.5) is 0 Å². The molecular weight excluding hydrogens is 280 g/mol. The molecule has 0 aliphatic carbocycles. The summed E-state index contributed by atoms with van der Waals surface area (Å²) in [5.74, 6) is -0.901. The summed E-state index contributed by atoms with van der Waals surface area (Å²) in [5.41, 5.74) is 1.14. The summed E-state index contributed by atoms with van der Waals surface area (Å²) in [5, 5.41) is 9.93. The van der Waals surface area contributed by atoms with Gasteiger partial charge in [0.25, 0.3) is 0 Å². The van der Waals surface area contributed by atoms with E-state index in [0.717, 1.165) is 5.39 Å². The van der Waals surface area contributed by atoms with E-state index in [2.05, 4.69) is 0 Å². The van der Waals surface area contributed by atoms with Crippen LogP contribution in [0.5, 0.6) is 0 Å². The van der Waals surface area contributed by atoms with Crippen LogP contribution in [-0.4, -0.2) is 29.4 Å².